The summed E-state index contributed by atoms with van der Waals surface area (Å²) < 4.78 is 13.6. The Morgan fingerprint density at radius 2 is 1.50 bits per heavy atom. The van der Waals surface area contributed by atoms with Gasteiger partial charge in [0.2, 0.25) is 0 Å². The lowest BCUT2D eigenvalue weighted by Crippen LogP contribution is -2.30. The Morgan fingerprint density at radius 1 is 0.944 bits per heavy atom. The molecule has 5 nitrogen and oxygen atoms in total. The molecule has 1 aromatic carbocycles. The number of aromatic nitrogens is 2. The zero-order chi connectivity index (χ0) is 12.7. The first-order valence-electron chi connectivity index (χ1n) is 5.14. The van der Waals surface area contributed by atoms with Crippen molar-refractivity contribution in [1.29, 1.82) is 0 Å². The highest BCUT2D eigenvalue weighted by Crippen LogP contribution is 2.27. The highest BCUT2D eigenvalue weighted by Gasteiger charge is 2.40. The van der Waals surface area contributed by atoms with Crippen LogP contribution in [0.1, 0.15) is 21.0 Å². The van der Waals surface area contributed by atoms with E-state index >= 15 is 0 Å². The van der Waals surface area contributed by atoms with E-state index in [4.69, 9.17) is 0 Å². The zero-order valence-electron chi connectivity index (χ0n) is 9.00. The van der Waals surface area contributed by atoms with E-state index in [-0.39, 0.29) is 17.1 Å². The van der Waals surface area contributed by atoms with E-state index in [0.29, 0.717) is 0 Å². The van der Waals surface area contributed by atoms with Crippen LogP contribution in [-0.4, -0.2) is 21.8 Å². The number of hydrogen-bond acceptors (Lipinski definition) is 4. The lowest BCUT2D eigenvalue weighted by atomic mass is 10.3. The Bertz CT molecular complexity index is 637. The molecule has 0 saturated carbocycles. The van der Waals surface area contributed by atoms with Gasteiger partial charge >= 0.3 is 0 Å². The van der Waals surface area contributed by atoms with Gasteiger partial charge in [0, 0.05) is 12.4 Å². The van der Waals surface area contributed by atoms with Crippen LogP contribution in [0.3, 0.4) is 0 Å². The Labute approximate surface area is 101 Å². The summed E-state index contributed by atoms with van der Waals surface area (Å²) in [5.74, 6) is -1.96. The molecule has 0 atom stereocenters. The standard InChI is InChI=1S/C12H6FN3O2/c13-7-3-1-2-4-8(7)16-11(17)9-10(12(16)18)15-6-5-14-9/h1-6H. The van der Waals surface area contributed by atoms with Crippen molar-refractivity contribution in [3.8, 4) is 0 Å². The van der Waals surface area contributed by atoms with Crippen molar-refractivity contribution < 1.29 is 14.0 Å². The fraction of sp³-hybridized carbons (Fsp3) is 0. The van der Waals surface area contributed by atoms with Gasteiger partial charge < -0.3 is 0 Å². The summed E-state index contributed by atoms with van der Waals surface area (Å²) in [4.78, 5) is 32.3. The number of rotatable bonds is 1. The predicted molar refractivity (Wildman–Crippen MR) is 59.6 cm³/mol. The van der Waals surface area contributed by atoms with E-state index in [1.54, 1.807) is 6.07 Å². The summed E-state index contributed by atoms with van der Waals surface area (Å²) in [6, 6.07) is 5.56. The fourth-order valence-electron chi connectivity index (χ4n) is 1.81. The van der Waals surface area contributed by atoms with Crippen LogP contribution >= 0.6 is 0 Å². The number of hydrogen-bond donors (Lipinski definition) is 0. The lowest BCUT2D eigenvalue weighted by molar-refractivity contribution is 0.0922. The van der Waals surface area contributed by atoms with Gasteiger partial charge in [-0.25, -0.2) is 19.3 Å². The summed E-state index contributed by atoms with van der Waals surface area (Å²) in [6.07, 6.45) is 2.63. The molecule has 2 aromatic rings. The van der Waals surface area contributed by atoms with Crippen molar-refractivity contribution in [2.24, 2.45) is 0 Å². The Morgan fingerprint density at radius 3 is 2.06 bits per heavy atom. The van der Waals surface area contributed by atoms with Crippen LogP contribution in [0.4, 0.5) is 10.1 Å². The predicted octanol–water partition coefficient (Wildman–Crippen LogP) is 1.42. The maximum atomic E-state index is 13.6. The minimum absolute atomic E-state index is 0.0502. The third-order valence-electron chi connectivity index (χ3n) is 2.60. The second-order valence-electron chi connectivity index (χ2n) is 3.65. The molecule has 1 aliphatic rings. The molecule has 2 heterocycles. The number of benzene rings is 1. The van der Waals surface area contributed by atoms with Crippen LogP contribution in [0.5, 0.6) is 0 Å². The average Bonchev–Trinajstić information content (AvgIpc) is 2.64. The van der Waals surface area contributed by atoms with Gasteiger partial charge in [0.25, 0.3) is 11.8 Å². The number of carbonyl (C=O) groups excluding carboxylic acids is 2. The summed E-state index contributed by atoms with van der Waals surface area (Å²) in [7, 11) is 0. The van der Waals surface area contributed by atoms with Crippen molar-refractivity contribution >= 4 is 17.5 Å². The number of amides is 2. The average molecular weight is 243 g/mol. The van der Waals surface area contributed by atoms with Crippen LogP contribution in [0.15, 0.2) is 36.7 Å². The molecular formula is C12H6FN3O2. The largest absolute Gasteiger partial charge is 0.286 e. The van der Waals surface area contributed by atoms with E-state index in [0.717, 1.165) is 4.90 Å². The molecule has 0 saturated heterocycles. The second kappa shape index (κ2) is 3.69. The first-order chi connectivity index (χ1) is 8.70. The minimum Gasteiger partial charge on any atom is -0.266 e. The first-order valence-corrected chi connectivity index (χ1v) is 5.14. The number of carbonyl (C=O) groups is 2. The van der Waals surface area contributed by atoms with Crippen LogP contribution in [0.25, 0.3) is 0 Å². The van der Waals surface area contributed by atoms with Gasteiger partial charge in [-0.1, -0.05) is 12.1 Å². The van der Waals surface area contributed by atoms with Crippen LogP contribution in [0, 0.1) is 5.82 Å². The monoisotopic (exact) mass is 243 g/mol. The van der Waals surface area contributed by atoms with E-state index in [9.17, 15) is 14.0 Å². The van der Waals surface area contributed by atoms with Crippen molar-refractivity contribution in [3.05, 3.63) is 53.9 Å². The van der Waals surface area contributed by atoms with Crippen molar-refractivity contribution in [2.45, 2.75) is 0 Å². The molecule has 1 aliphatic heterocycles. The number of halogens is 1. The molecule has 0 fully saturated rings. The number of para-hydroxylation sites is 1. The molecule has 6 heteroatoms. The topological polar surface area (TPSA) is 63.2 Å². The Balaban J connectivity index is 2.16. The van der Waals surface area contributed by atoms with E-state index in [2.05, 4.69) is 9.97 Å². The van der Waals surface area contributed by atoms with Gasteiger partial charge in [0.05, 0.1) is 5.69 Å². The summed E-state index contributed by atoms with van der Waals surface area (Å²) in [5, 5.41) is 0. The highest BCUT2D eigenvalue weighted by molar-refractivity contribution is 6.33. The molecule has 0 aliphatic carbocycles. The van der Waals surface area contributed by atoms with Gasteiger partial charge in [-0.2, -0.15) is 0 Å². The van der Waals surface area contributed by atoms with Gasteiger partial charge in [0.15, 0.2) is 11.4 Å². The number of imide groups is 1. The molecule has 0 N–H and O–H groups in total. The van der Waals surface area contributed by atoms with Gasteiger partial charge in [-0.15, -0.1) is 0 Å². The molecule has 1 aromatic heterocycles. The molecule has 2 amide bonds. The number of fused-ring (bicyclic) bond motifs is 1. The third-order valence-corrected chi connectivity index (χ3v) is 2.60. The molecule has 0 radical (unpaired) electrons. The van der Waals surface area contributed by atoms with Crippen LogP contribution < -0.4 is 4.90 Å². The zero-order valence-corrected chi connectivity index (χ0v) is 9.00. The normalized spacial score (nSPS) is 13.9. The quantitative estimate of drug-likeness (QED) is 0.710. The Kier molecular flexibility index (Phi) is 2.16. The van der Waals surface area contributed by atoms with E-state index in [1.807, 2.05) is 0 Å². The molecular weight excluding hydrogens is 237 g/mol. The molecule has 88 valence electrons. The maximum Gasteiger partial charge on any atom is 0.286 e. The minimum atomic E-state index is -0.659. The first kappa shape index (κ1) is 10.5. The second-order valence-corrected chi connectivity index (χ2v) is 3.65. The molecule has 0 unspecified atom stereocenters. The van der Waals surface area contributed by atoms with Gasteiger partial charge in [-0.05, 0) is 12.1 Å². The van der Waals surface area contributed by atoms with E-state index < -0.39 is 17.6 Å². The molecule has 0 bridgehead atoms. The van der Waals surface area contributed by atoms with Crippen molar-refractivity contribution in [3.63, 3.8) is 0 Å². The van der Waals surface area contributed by atoms with Crippen LogP contribution in [0.2, 0.25) is 0 Å². The fourth-order valence-corrected chi connectivity index (χ4v) is 1.81. The smallest absolute Gasteiger partial charge is 0.266 e. The van der Waals surface area contributed by atoms with Crippen molar-refractivity contribution in [2.75, 3.05) is 4.90 Å². The van der Waals surface area contributed by atoms with Crippen LogP contribution in [-0.2, 0) is 0 Å². The summed E-state index contributed by atoms with van der Waals surface area (Å²) >= 11 is 0. The van der Waals surface area contributed by atoms with Crippen molar-refractivity contribution in [1.82, 2.24) is 9.97 Å². The van der Waals surface area contributed by atoms with Gasteiger partial charge in [0.1, 0.15) is 5.82 Å². The summed E-state index contributed by atoms with van der Waals surface area (Å²) in [5.41, 5.74) is -0.191. The maximum absolute atomic E-state index is 13.6. The number of anilines is 1. The lowest BCUT2D eigenvalue weighted by Gasteiger charge is -2.13. The SMILES string of the molecule is O=C1c2nccnc2C(=O)N1c1ccccc1F. The van der Waals surface area contributed by atoms with E-state index in [1.165, 1.54) is 30.6 Å². The molecule has 18 heavy (non-hydrogen) atoms. The highest BCUT2D eigenvalue weighted by atomic mass is 19.1. The molecule has 0 spiro atoms. The Hall–Kier alpha value is -2.63. The molecule has 3 rings (SSSR count). The summed E-state index contributed by atoms with van der Waals surface area (Å²) in [6.45, 7) is 0. The third kappa shape index (κ3) is 1.32. The number of nitrogens with zero attached hydrogens (tertiary/aromatic N) is 3. The van der Waals surface area contributed by atoms with Gasteiger partial charge in [-0.3, -0.25) is 9.59 Å².